The molecule has 2 N–H and O–H groups in total. The summed E-state index contributed by atoms with van der Waals surface area (Å²) >= 11 is 12.2. The molecule has 1 aromatic carbocycles. The highest BCUT2D eigenvalue weighted by atomic mass is 35.5. The SMILES string of the molecule is Cc1cc([C@H]2[C@@H](c3ccccn3)NC(=S)N2C2CCCCC2)c(C)n1-c1cc(Cl)ccc1O. The van der Waals surface area contributed by atoms with Crippen molar-refractivity contribution < 1.29 is 5.11 Å². The van der Waals surface area contributed by atoms with Gasteiger partial charge in [-0.2, -0.15) is 0 Å². The smallest absolute Gasteiger partial charge is 0.170 e. The first-order valence-electron chi connectivity index (χ1n) is 11.6. The van der Waals surface area contributed by atoms with E-state index in [0.29, 0.717) is 16.8 Å². The summed E-state index contributed by atoms with van der Waals surface area (Å²) in [6, 6.07) is 13.8. The molecule has 1 saturated heterocycles. The van der Waals surface area contributed by atoms with E-state index in [1.54, 1.807) is 12.1 Å². The first-order chi connectivity index (χ1) is 16.0. The minimum absolute atomic E-state index is 0.0248. The van der Waals surface area contributed by atoms with E-state index >= 15 is 0 Å². The Morgan fingerprint density at radius 2 is 1.88 bits per heavy atom. The molecule has 0 unspecified atom stereocenters. The highest BCUT2D eigenvalue weighted by Gasteiger charge is 2.44. The Morgan fingerprint density at radius 1 is 1.09 bits per heavy atom. The highest BCUT2D eigenvalue weighted by Crippen LogP contribution is 2.45. The average molecular weight is 481 g/mol. The van der Waals surface area contributed by atoms with Crippen molar-refractivity contribution in [1.29, 1.82) is 0 Å². The van der Waals surface area contributed by atoms with Gasteiger partial charge in [0.1, 0.15) is 5.75 Å². The molecule has 2 aromatic heterocycles. The fourth-order valence-corrected chi connectivity index (χ4v) is 6.14. The Kier molecular flexibility index (Phi) is 6.06. The first-order valence-corrected chi connectivity index (χ1v) is 12.4. The average Bonchev–Trinajstić information content (AvgIpc) is 3.32. The molecule has 2 aliphatic rings. The van der Waals surface area contributed by atoms with Crippen LogP contribution in [0.25, 0.3) is 5.69 Å². The van der Waals surface area contributed by atoms with Gasteiger partial charge in [0.25, 0.3) is 0 Å². The molecule has 5 rings (SSSR count). The zero-order chi connectivity index (χ0) is 23.1. The summed E-state index contributed by atoms with van der Waals surface area (Å²) in [6.45, 7) is 4.18. The molecule has 1 saturated carbocycles. The lowest BCUT2D eigenvalue weighted by Gasteiger charge is -2.37. The van der Waals surface area contributed by atoms with Gasteiger partial charge < -0.3 is 19.9 Å². The van der Waals surface area contributed by atoms with Crippen LogP contribution in [0.5, 0.6) is 5.75 Å². The second-order valence-corrected chi connectivity index (χ2v) is 9.94. The van der Waals surface area contributed by atoms with E-state index in [-0.39, 0.29) is 17.8 Å². The van der Waals surface area contributed by atoms with Gasteiger partial charge >= 0.3 is 0 Å². The third-order valence-corrected chi connectivity index (χ3v) is 7.63. The maximum atomic E-state index is 10.6. The predicted molar refractivity (Wildman–Crippen MR) is 136 cm³/mol. The topological polar surface area (TPSA) is 53.3 Å². The van der Waals surface area contributed by atoms with Gasteiger partial charge in [-0.1, -0.05) is 36.9 Å². The largest absolute Gasteiger partial charge is 0.506 e. The minimum Gasteiger partial charge on any atom is -0.506 e. The highest BCUT2D eigenvalue weighted by molar-refractivity contribution is 7.80. The fraction of sp³-hybridized carbons (Fsp3) is 0.385. The van der Waals surface area contributed by atoms with Gasteiger partial charge in [0.2, 0.25) is 0 Å². The van der Waals surface area contributed by atoms with Crippen molar-refractivity contribution in [1.82, 2.24) is 19.8 Å². The van der Waals surface area contributed by atoms with Crippen LogP contribution in [-0.4, -0.2) is 30.7 Å². The van der Waals surface area contributed by atoms with Crippen LogP contribution < -0.4 is 5.32 Å². The third kappa shape index (κ3) is 4.00. The molecule has 3 heterocycles. The predicted octanol–water partition coefficient (Wildman–Crippen LogP) is 6.15. The van der Waals surface area contributed by atoms with Crippen LogP contribution in [0.1, 0.15) is 66.8 Å². The zero-order valence-electron chi connectivity index (χ0n) is 19.0. The molecule has 1 aliphatic carbocycles. The van der Waals surface area contributed by atoms with E-state index in [1.165, 1.54) is 24.8 Å². The molecule has 0 radical (unpaired) electrons. The number of rotatable bonds is 4. The number of thiocarbonyl (C=S) groups is 1. The molecule has 5 nitrogen and oxygen atoms in total. The molecule has 0 amide bonds. The maximum Gasteiger partial charge on any atom is 0.170 e. The summed E-state index contributed by atoms with van der Waals surface area (Å²) in [4.78, 5) is 7.11. The van der Waals surface area contributed by atoms with Crippen molar-refractivity contribution in [2.75, 3.05) is 0 Å². The molecular weight excluding hydrogens is 452 g/mol. The van der Waals surface area contributed by atoms with Gasteiger partial charge in [-0.15, -0.1) is 0 Å². The van der Waals surface area contributed by atoms with Crippen molar-refractivity contribution >= 4 is 28.9 Å². The lowest BCUT2D eigenvalue weighted by atomic mass is 9.90. The van der Waals surface area contributed by atoms with Gasteiger partial charge in [0.05, 0.1) is 23.5 Å². The van der Waals surface area contributed by atoms with Gasteiger partial charge in [-0.05, 0) is 80.9 Å². The summed E-state index contributed by atoms with van der Waals surface area (Å²) < 4.78 is 2.09. The lowest BCUT2D eigenvalue weighted by Crippen LogP contribution is -2.40. The van der Waals surface area contributed by atoms with Gasteiger partial charge in [-0.25, -0.2) is 0 Å². The fourth-order valence-electron chi connectivity index (χ4n) is 5.58. The number of phenols is 1. The quantitative estimate of drug-likeness (QED) is 0.438. The van der Waals surface area contributed by atoms with Crippen LogP contribution in [0.3, 0.4) is 0 Å². The van der Waals surface area contributed by atoms with E-state index in [1.807, 2.05) is 24.4 Å². The number of aryl methyl sites for hydroxylation is 1. The molecular formula is C26H29ClN4OS. The van der Waals surface area contributed by atoms with Crippen LogP contribution in [0, 0.1) is 13.8 Å². The molecule has 2 fully saturated rings. The van der Waals surface area contributed by atoms with Gasteiger partial charge in [0, 0.05) is 28.6 Å². The number of hydrogen-bond acceptors (Lipinski definition) is 3. The number of halogens is 1. The summed E-state index contributed by atoms with van der Waals surface area (Å²) in [5.41, 5.74) is 4.99. The zero-order valence-corrected chi connectivity index (χ0v) is 20.5. The van der Waals surface area contributed by atoms with Crippen LogP contribution in [0.2, 0.25) is 5.02 Å². The number of phenolic OH excluding ortho intramolecular Hbond substituents is 1. The number of aromatic hydroxyl groups is 1. The number of nitrogens with one attached hydrogen (secondary N) is 1. The molecule has 2 atom stereocenters. The number of aromatic nitrogens is 2. The molecule has 3 aromatic rings. The summed E-state index contributed by atoms with van der Waals surface area (Å²) in [6.07, 6.45) is 7.91. The minimum atomic E-state index is -0.0393. The number of hydrogen-bond donors (Lipinski definition) is 2. The van der Waals surface area contributed by atoms with Crippen molar-refractivity contribution in [2.45, 2.75) is 64.1 Å². The molecule has 0 spiro atoms. The van der Waals surface area contributed by atoms with Gasteiger partial charge in [-0.3, -0.25) is 4.98 Å². The van der Waals surface area contributed by atoms with Crippen LogP contribution in [0.4, 0.5) is 0 Å². The third-order valence-electron chi connectivity index (χ3n) is 7.07. The van der Waals surface area contributed by atoms with E-state index in [2.05, 4.69) is 45.7 Å². The Bertz CT molecular complexity index is 1170. The molecule has 33 heavy (non-hydrogen) atoms. The first kappa shape index (κ1) is 22.2. The normalized spacial score (nSPS) is 21.4. The number of pyridine rings is 1. The summed E-state index contributed by atoms with van der Waals surface area (Å²) in [5.74, 6) is 0.207. The van der Waals surface area contributed by atoms with Crippen LogP contribution in [-0.2, 0) is 0 Å². The van der Waals surface area contributed by atoms with Crippen molar-refractivity contribution in [2.24, 2.45) is 0 Å². The molecule has 172 valence electrons. The van der Waals surface area contributed by atoms with Crippen LogP contribution >= 0.6 is 23.8 Å². The second-order valence-electron chi connectivity index (χ2n) is 9.12. The summed E-state index contributed by atoms with van der Waals surface area (Å²) in [5, 5.41) is 15.6. The monoisotopic (exact) mass is 480 g/mol. The Labute approximate surface area is 205 Å². The van der Waals surface area contributed by atoms with Crippen LogP contribution in [0.15, 0.2) is 48.7 Å². The molecule has 0 bridgehead atoms. The lowest BCUT2D eigenvalue weighted by molar-refractivity contribution is 0.197. The van der Waals surface area contributed by atoms with Crippen molar-refractivity contribution in [3.8, 4) is 11.4 Å². The Hall–Kier alpha value is -2.57. The van der Waals surface area contributed by atoms with E-state index in [4.69, 9.17) is 23.8 Å². The van der Waals surface area contributed by atoms with E-state index in [0.717, 1.165) is 35.0 Å². The second kappa shape index (κ2) is 8.99. The summed E-state index contributed by atoms with van der Waals surface area (Å²) in [7, 11) is 0. The van der Waals surface area contributed by atoms with Crippen molar-refractivity contribution in [3.05, 3.63) is 76.3 Å². The standard InChI is InChI=1S/C26H29ClN4OS/c1-16-14-20(17(2)30(16)22-15-18(27)11-12-23(22)32)25-24(21-10-6-7-13-28-21)29-26(33)31(25)19-8-4-3-5-9-19/h6-7,10-15,19,24-25,32H,3-5,8-9H2,1-2H3,(H,29,33)/t24-,25+/m1/s1. The Balaban J connectivity index is 1.65. The van der Waals surface area contributed by atoms with E-state index < -0.39 is 0 Å². The molecule has 7 heteroatoms. The van der Waals surface area contributed by atoms with Gasteiger partial charge in [0.15, 0.2) is 5.11 Å². The number of benzene rings is 1. The Morgan fingerprint density at radius 3 is 2.61 bits per heavy atom. The van der Waals surface area contributed by atoms with Crippen molar-refractivity contribution in [3.63, 3.8) is 0 Å². The van der Waals surface area contributed by atoms with E-state index in [9.17, 15) is 5.11 Å². The number of nitrogens with zero attached hydrogens (tertiary/aromatic N) is 3. The maximum absolute atomic E-state index is 10.6. The molecule has 1 aliphatic heterocycles.